The van der Waals surface area contributed by atoms with Crippen molar-refractivity contribution < 1.29 is 14.3 Å². The Labute approximate surface area is 234 Å². The number of aryl methyl sites for hydroxylation is 1. The summed E-state index contributed by atoms with van der Waals surface area (Å²) in [7, 11) is 0. The number of unbranched alkanes of at least 4 members (excludes halogenated alkanes) is 7. The Kier molecular flexibility index (Phi) is 15.5. The van der Waals surface area contributed by atoms with E-state index in [0.29, 0.717) is 18.4 Å². The Morgan fingerprint density at radius 2 is 1.37 bits per heavy atom. The fourth-order valence-corrected chi connectivity index (χ4v) is 6.52. The second-order valence-electron chi connectivity index (χ2n) is 12.3. The maximum absolute atomic E-state index is 11.9. The van der Waals surface area contributed by atoms with E-state index in [4.69, 9.17) is 9.47 Å². The lowest BCUT2D eigenvalue weighted by Crippen LogP contribution is -2.23. The monoisotopic (exact) mass is 526 g/mol. The Hall–Kier alpha value is -1.35. The molecule has 3 heteroatoms. The third kappa shape index (κ3) is 12.2. The van der Waals surface area contributed by atoms with Crippen LogP contribution in [0.15, 0.2) is 24.3 Å². The van der Waals surface area contributed by atoms with Gasteiger partial charge in [0, 0.05) is 13.0 Å². The lowest BCUT2D eigenvalue weighted by Gasteiger charge is -2.28. The highest BCUT2D eigenvalue weighted by Gasteiger charge is 2.25. The van der Waals surface area contributed by atoms with E-state index >= 15 is 0 Å². The molecule has 0 heterocycles. The molecule has 1 aromatic carbocycles. The maximum Gasteiger partial charge on any atom is 0.306 e. The predicted octanol–water partition coefficient (Wildman–Crippen LogP) is 10.1. The molecule has 1 aromatic rings. The molecule has 0 N–H and O–H groups in total. The number of ether oxygens (including phenoxy) is 2. The average Bonchev–Trinajstić information content (AvgIpc) is 2.95. The van der Waals surface area contributed by atoms with Gasteiger partial charge < -0.3 is 9.47 Å². The topological polar surface area (TPSA) is 35.5 Å². The fourth-order valence-electron chi connectivity index (χ4n) is 6.52. The van der Waals surface area contributed by atoms with Gasteiger partial charge in [0.1, 0.15) is 6.10 Å². The van der Waals surface area contributed by atoms with Gasteiger partial charge in [-0.05, 0) is 100 Å². The average molecular weight is 527 g/mol. The summed E-state index contributed by atoms with van der Waals surface area (Å²) < 4.78 is 11.8. The zero-order valence-corrected chi connectivity index (χ0v) is 24.9. The second kappa shape index (κ2) is 18.9. The lowest BCUT2D eigenvalue weighted by atomic mass is 9.82. The summed E-state index contributed by atoms with van der Waals surface area (Å²) in [5.41, 5.74) is 2.96. The molecule has 2 saturated carbocycles. The van der Waals surface area contributed by atoms with Crippen molar-refractivity contribution in [3.05, 3.63) is 35.4 Å². The Balaban J connectivity index is 1.18. The van der Waals surface area contributed by atoms with Crippen LogP contribution >= 0.6 is 0 Å². The first kappa shape index (κ1) is 31.2. The molecule has 2 aliphatic carbocycles. The van der Waals surface area contributed by atoms with Crippen molar-refractivity contribution in [3.8, 4) is 0 Å². The summed E-state index contributed by atoms with van der Waals surface area (Å²) in [6, 6.07) is 9.43. The minimum atomic E-state index is 0.000838. The summed E-state index contributed by atoms with van der Waals surface area (Å²) in [6.45, 7) is 5.35. The van der Waals surface area contributed by atoms with Gasteiger partial charge in [0.25, 0.3) is 0 Å². The molecule has 0 saturated heterocycles. The molecule has 0 aliphatic heterocycles. The quantitative estimate of drug-likeness (QED) is 0.141. The Bertz CT molecular complexity index is 726. The number of esters is 1. The summed E-state index contributed by atoms with van der Waals surface area (Å²) in [5, 5.41) is 0. The number of rotatable bonds is 18. The normalized spacial score (nSPS) is 23.8. The van der Waals surface area contributed by atoms with Crippen molar-refractivity contribution in [1.82, 2.24) is 0 Å². The minimum Gasteiger partial charge on any atom is -0.462 e. The number of benzene rings is 1. The van der Waals surface area contributed by atoms with Gasteiger partial charge in [0.15, 0.2) is 0 Å². The van der Waals surface area contributed by atoms with Crippen molar-refractivity contribution in [3.63, 3.8) is 0 Å². The highest BCUT2D eigenvalue weighted by molar-refractivity contribution is 5.69. The zero-order valence-electron chi connectivity index (χ0n) is 24.9. The van der Waals surface area contributed by atoms with Crippen LogP contribution in [0.2, 0.25) is 0 Å². The van der Waals surface area contributed by atoms with Crippen LogP contribution in [0.3, 0.4) is 0 Å². The molecule has 216 valence electrons. The first-order chi connectivity index (χ1) is 18.7. The summed E-state index contributed by atoms with van der Waals surface area (Å²) in [6.07, 6.45) is 26.3. The zero-order chi connectivity index (χ0) is 26.8. The van der Waals surface area contributed by atoms with E-state index < -0.39 is 0 Å². The van der Waals surface area contributed by atoms with Gasteiger partial charge in [-0.3, -0.25) is 4.79 Å². The molecule has 3 rings (SSSR count). The SMILES string of the molecule is CCCCCOC1CCC(CCCCCCCc2ccc(C3CCC(OC(=O)CCCC)CC3)cc2)CC1. The third-order valence-corrected chi connectivity index (χ3v) is 9.13. The van der Waals surface area contributed by atoms with Gasteiger partial charge in [0.05, 0.1) is 6.10 Å². The predicted molar refractivity (Wildman–Crippen MR) is 160 cm³/mol. The highest BCUT2D eigenvalue weighted by Crippen LogP contribution is 2.34. The van der Waals surface area contributed by atoms with Gasteiger partial charge in [-0.15, -0.1) is 0 Å². The van der Waals surface area contributed by atoms with Gasteiger partial charge >= 0.3 is 5.97 Å². The Morgan fingerprint density at radius 3 is 2.08 bits per heavy atom. The standard InChI is InChI=1S/C35H58O3/c1-3-5-12-28-37-33-24-18-30(19-25-33)14-11-9-7-8-10-13-29-16-20-31(21-17-29)32-22-26-34(27-23-32)38-35(36)15-6-4-2/h16-17,20-21,30,32-34H,3-15,18-19,22-28H2,1-2H3. The molecule has 2 aliphatic rings. The molecule has 0 unspecified atom stereocenters. The molecule has 0 aromatic heterocycles. The molecule has 38 heavy (non-hydrogen) atoms. The van der Waals surface area contributed by atoms with Gasteiger partial charge in [-0.25, -0.2) is 0 Å². The van der Waals surface area contributed by atoms with Crippen LogP contribution in [-0.4, -0.2) is 24.8 Å². The second-order valence-corrected chi connectivity index (χ2v) is 12.3. The molecule has 2 fully saturated rings. The van der Waals surface area contributed by atoms with Crippen molar-refractivity contribution in [2.24, 2.45) is 5.92 Å². The first-order valence-electron chi connectivity index (χ1n) is 16.6. The fraction of sp³-hybridized carbons (Fsp3) is 0.800. The largest absolute Gasteiger partial charge is 0.462 e. The minimum absolute atomic E-state index is 0.000838. The highest BCUT2D eigenvalue weighted by atomic mass is 16.5. The summed E-state index contributed by atoms with van der Waals surface area (Å²) in [4.78, 5) is 11.9. The van der Waals surface area contributed by atoms with Crippen molar-refractivity contribution in [1.29, 1.82) is 0 Å². The summed E-state index contributed by atoms with van der Waals surface area (Å²) >= 11 is 0. The molecule has 0 spiro atoms. The number of carbonyl (C=O) groups excluding carboxylic acids is 1. The van der Waals surface area contributed by atoms with Gasteiger partial charge in [-0.2, -0.15) is 0 Å². The third-order valence-electron chi connectivity index (χ3n) is 9.13. The molecular weight excluding hydrogens is 468 g/mol. The molecule has 0 bridgehead atoms. The molecule has 0 radical (unpaired) electrons. The van der Waals surface area contributed by atoms with Gasteiger partial charge in [0.2, 0.25) is 0 Å². The molecule has 0 atom stereocenters. The molecule has 0 amide bonds. The van der Waals surface area contributed by atoms with E-state index in [1.54, 1.807) is 0 Å². The Morgan fingerprint density at radius 1 is 0.711 bits per heavy atom. The van der Waals surface area contributed by atoms with E-state index in [-0.39, 0.29) is 12.1 Å². The van der Waals surface area contributed by atoms with E-state index in [2.05, 4.69) is 38.1 Å². The van der Waals surface area contributed by atoms with Gasteiger partial charge in [-0.1, -0.05) is 89.5 Å². The van der Waals surface area contributed by atoms with Crippen molar-refractivity contribution >= 4 is 5.97 Å². The van der Waals surface area contributed by atoms with Crippen molar-refractivity contribution in [2.45, 2.75) is 167 Å². The molecular formula is C35H58O3. The number of hydrogen-bond donors (Lipinski definition) is 0. The number of hydrogen-bond acceptors (Lipinski definition) is 3. The van der Waals surface area contributed by atoms with E-state index in [0.717, 1.165) is 51.0 Å². The van der Waals surface area contributed by atoms with E-state index in [1.165, 1.54) is 101 Å². The van der Waals surface area contributed by atoms with E-state index in [1.807, 2.05) is 0 Å². The van der Waals surface area contributed by atoms with Crippen LogP contribution < -0.4 is 0 Å². The van der Waals surface area contributed by atoms with Crippen LogP contribution in [0.25, 0.3) is 0 Å². The maximum atomic E-state index is 11.9. The lowest BCUT2D eigenvalue weighted by molar-refractivity contribution is -0.150. The van der Waals surface area contributed by atoms with Crippen LogP contribution in [0.1, 0.15) is 159 Å². The van der Waals surface area contributed by atoms with Crippen LogP contribution in [0.4, 0.5) is 0 Å². The smallest absolute Gasteiger partial charge is 0.306 e. The summed E-state index contributed by atoms with van der Waals surface area (Å²) in [5.74, 6) is 1.59. The van der Waals surface area contributed by atoms with E-state index in [9.17, 15) is 4.79 Å². The van der Waals surface area contributed by atoms with Crippen LogP contribution in [0, 0.1) is 5.92 Å². The number of carbonyl (C=O) groups is 1. The molecule has 3 nitrogen and oxygen atoms in total. The van der Waals surface area contributed by atoms with Crippen molar-refractivity contribution in [2.75, 3.05) is 6.61 Å². The van der Waals surface area contributed by atoms with Crippen LogP contribution in [-0.2, 0) is 20.7 Å². The first-order valence-corrected chi connectivity index (χ1v) is 16.6. The van der Waals surface area contributed by atoms with Crippen LogP contribution in [0.5, 0.6) is 0 Å².